The molecular formula is C13H12F3N. The van der Waals surface area contributed by atoms with Crippen LogP contribution in [0.1, 0.15) is 30.7 Å². The molecule has 1 nitrogen and oxygen atoms in total. The van der Waals surface area contributed by atoms with Crippen molar-refractivity contribution in [3.05, 3.63) is 35.9 Å². The molecule has 1 aromatic rings. The molecule has 0 aliphatic heterocycles. The zero-order chi connectivity index (χ0) is 12.5. The van der Waals surface area contributed by atoms with Gasteiger partial charge >= 0.3 is 6.18 Å². The molecule has 4 heteroatoms. The summed E-state index contributed by atoms with van der Waals surface area (Å²) >= 11 is 0. The smallest absolute Gasteiger partial charge is 0.198 e. The standard InChI is InChI=1S/C13H12F3N/c14-13(15,16)11(10-5-2-1-3-6-10)12(9-17)7-4-8-12/h1-3,5-6,11H,4,7-8H2. The summed E-state index contributed by atoms with van der Waals surface area (Å²) in [6, 6.07) is 9.65. The van der Waals surface area contributed by atoms with Gasteiger partial charge in [-0.05, 0) is 18.4 Å². The van der Waals surface area contributed by atoms with Crippen LogP contribution in [0.15, 0.2) is 30.3 Å². The molecule has 0 heterocycles. The fourth-order valence-corrected chi connectivity index (χ4v) is 2.49. The maximum Gasteiger partial charge on any atom is 0.397 e. The molecule has 1 saturated carbocycles. The molecule has 0 N–H and O–H groups in total. The van der Waals surface area contributed by atoms with E-state index in [1.165, 1.54) is 12.1 Å². The lowest BCUT2D eigenvalue weighted by Gasteiger charge is -2.42. The van der Waals surface area contributed by atoms with Crippen molar-refractivity contribution in [2.75, 3.05) is 0 Å². The number of hydrogen-bond donors (Lipinski definition) is 0. The SMILES string of the molecule is N#CC1(C(c2ccccc2)C(F)(F)F)CCC1. The second-order valence-electron chi connectivity index (χ2n) is 4.51. The number of hydrogen-bond acceptors (Lipinski definition) is 1. The van der Waals surface area contributed by atoms with E-state index in [4.69, 9.17) is 5.26 Å². The molecule has 1 fully saturated rings. The predicted octanol–water partition coefficient (Wildman–Crippen LogP) is 4.03. The summed E-state index contributed by atoms with van der Waals surface area (Å²) in [5.74, 6) is -1.66. The monoisotopic (exact) mass is 239 g/mol. The van der Waals surface area contributed by atoms with Crippen molar-refractivity contribution >= 4 is 0 Å². The van der Waals surface area contributed by atoms with Gasteiger partial charge in [0.1, 0.15) is 0 Å². The molecule has 1 aliphatic rings. The van der Waals surface area contributed by atoms with Crippen LogP contribution in [-0.4, -0.2) is 6.18 Å². The van der Waals surface area contributed by atoms with Gasteiger partial charge in [-0.2, -0.15) is 18.4 Å². The highest BCUT2D eigenvalue weighted by Gasteiger charge is 2.57. The van der Waals surface area contributed by atoms with Gasteiger partial charge in [-0.1, -0.05) is 36.8 Å². The van der Waals surface area contributed by atoms with Crippen molar-refractivity contribution in [3.63, 3.8) is 0 Å². The Bertz CT molecular complexity index is 426. The van der Waals surface area contributed by atoms with Crippen LogP contribution in [0.2, 0.25) is 0 Å². The first kappa shape index (κ1) is 12.0. The van der Waals surface area contributed by atoms with Gasteiger partial charge in [-0.15, -0.1) is 0 Å². The Morgan fingerprint density at radius 3 is 2.12 bits per heavy atom. The van der Waals surface area contributed by atoms with Gasteiger partial charge in [0.2, 0.25) is 0 Å². The number of alkyl halides is 3. The lowest BCUT2D eigenvalue weighted by Crippen LogP contribution is -2.42. The quantitative estimate of drug-likeness (QED) is 0.764. The zero-order valence-corrected chi connectivity index (χ0v) is 9.17. The second kappa shape index (κ2) is 4.06. The third-order valence-electron chi connectivity index (χ3n) is 3.48. The van der Waals surface area contributed by atoms with E-state index >= 15 is 0 Å². The largest absolute Gasteiger partial charge is 0.397 e. The Morgan fingerprint density at radius 2 is 1.76 bits per heavy atom. The normalized spacial score (nSPS) is 20.1. The van der Waals surface area contributed by atoms with Crippen LogP contribution in [0.5, 0.6) is 0 Å². The zero-order valence-electron chi connectivity index (χ0n) is 9.17. The molecule has 0 aromatic heterocycles. The number of halogens is 3. The number of nitrogens with zero attached hydrogens (tertiary/aromatic N) is 1. The molecule has 17 heavy (non-hydrogen) atoms. The molecule has 0 radical (unpaired) electrons. The number of nitriles is 1. The summed E-state index contributed by atoms with van der Waals surface area (Å²) in [5, 5.41) is 9.08. The fraction of sp³-hybridized carbons (Fsp3) is 0.462. The van der Waals surface area contributed by atoms with Crippen molar-refractivity contribution in [3.8, 4) is 6.07 Å². The topological polar surface area (TPSA) is 23.8 Å². The van der Waals surface area contributed by atoms with Gasteiger partial charge in [0, 0.05) is 0 Å². The van der Waals surface area contributed by atoms with Crippen LogP contribution in [0.25, 0.3) is 0 Å². The minimum Gasteiger partial charge on any atom is -0.198 e. The van der Waals surface area contributed by atoms with Crippen LogP contribution >= 0.6 is 0 Å². The predicted molar refractivity (Wildman–Crippen MR) is 57.1 cm³/mol. The molecule has 0 bridgehead atoms. The Balaban J connectivity index is 2.44. The van der Waals surface area contributed by atoms with Crippen LogP contribution in [-0.2, 0) is 0 Å². The molecule has 2 rings (SSSR count). The average molecular weight is 239 g/mol. The molecule has 1 atom stereocenters. The molecule has 0 amide bonds. The van der Waals surface area contributed by atoms with Crippen LogP contribution in [0, 0.1) is 16.7 Å². The average Bonchev–Trinajstić information content (AvgIpc) is 2.22. The van der Waals surface area contributed by atoms with Crippen molar-refractivity contribution in [2.45, 2.75) is 31.4 Å². The summed E-state index contributed by atoms with van der Waals surface area (Å²) < 4.78 is 39.5. The van der Waals surface area contributed by atoms with E-state index in [0.717, 1.165) is 0 Å². The summed E-state index contributed by atoms with van der Waals surface area (Å²) in [6.07, 6.45) is -2.99. The maximum absolute atomic E-state index is 13.2. The van der Waals surface area contributed by atoms with E-state index < -0.39 is 17.5 Å². The minimum atomic E-state index is -4.36. The van der Waals surface area contributed by atoms with Crippen LogP contribution < -0.4 is 0 Å². The van der Waals surface area contributed by atoms with Crippen molar-refractivity contribution < 1.29 is 13.2 Å². The molecule has 0 saturated heterocycles. The van der Waals surface area contributed by atoms with E-state index in [1.807, 2.05) is 6.07 Å². The Morgan fingerprint density at radius 1 is 1.18 bits per heavy atom. The second-order valence-corrected chi connectivity index (χ2v) is 4.51. The highest BCUT2D eigenvalue weighted by molar-refractivity contribution is 5.29. The van der Waals surface area contributed by atoms with Crippen LogP contribution in [0.4, 0.5) is 13.2 Å². The van der Waals surface area contributed by atoms with Gasteiger partial charge in [0.05, 0.1) is 17.4 Å². The van der Waals surface area contributed by atoms with Gasteiger partial charge in [-0.3, -0.25) is 0 Å². The first-order valence-electron chi connectivity index (χ1n) is 5.52. The van der Waals surface area contributed by atoms with Gasteiger partial charge in [-0.25, -0.2) is 0 Å². The molecule has 90 valence electrons. The lowest BCUT2D eigenvalue weighted by atomic mass is 9.60. The van der Waals surface area contributed by atoms with Crippen LogP contribution in [0.3, 0.4) is 0 Å². The summed E-state index contributed by atoms with van der Waals surface area (Å²) in [5.41, 5.74) is -1.05. The summed E-state index contributed by atoms with van der Waals surface area (Å²) in [4.78, 5) is 0. The summed E-state index contributed by atoms with van der Waals surface area (Å²) in [7, 11) is 0. The summed E-state index contributed by atoms with van der Waals surface area (Å²) in [6.45, 7) is 0. The van der Waals surface area contributed by atoms with Gasteiger partial charge in [0.15, 0.2) is 0 Å². The highest BCUT2D eigenvalue weighted by Crippen LogP contribution is 2.56. The third kappa shape index (κ3) is 2.02. The Kier molecular flexibility index (Phi) is 2.86. The van der Waals surface area contributed by atoms with Crippen molar-refractivity contribution in [1.29, 1.82) is 5.26 Å². The molecule has 1 unspecified atom stereocenters. The van der Waals surface area contributed by atoms with Gasteiger partial charge in [0.25, 0.3) is 0 Å². The lowest BCUT2D eigenvalue weighted by molar-refractivity contribution is -0.180. The van der Waals surface area contributed by atoms with E-state index in [9.17, 15) is 13.2 Å². The Hall–Kier alpha value is -1.50. The Labute approximate surface area is 97.9 Å². The minimum absolute atomic E-state index is 0.196. The first-order valence-corrected chi connectivity index (χ1v) is 5.52. The number of rotatable bonds is 2. The van der Waals surface area contributed by atoms with Crippen molar-refractivity contribution in [1.82, 2.24) is 0 Å². The molecule has 1 aromatic carbocycles. The third-order valence-corrected chi connectivity index (χ3v) is 3.48. The van der Waals surface area contributed by atoms with E-state index in [2.05, 4.69) is 0 Å². The van der Waals surface area contributed by atoms with Crippen molar-refractivity contribution in [2.24, 2.45) is 5.41 Å². The van der Waals surface area contributed by atoms with E-state index in [0.29, 0.717) is 19.3 Å². The molecule has 1 aliphatic carbocycles. The number of benzene rings is 1. The molecule has 0 spiro atoms. The fourth-order valence-electron chi connectivity index (χ4n) is 2.49. The van der Waals surface area contributed by atoms with E-state index in [1.54, 1.807) is 18.2 Å². The first-order chi connectivity index (χ1) is 7.99. The maximum atomic E-state index is 13.2. The van der Waals surface area contributed by atoms with Gasteiger partial charge < -0.3 is 0 Å². The highest BCUT2D eigenvalue weighted by atomic mass is 19.4. The van der Waals surface area contributed by atoms with E-state index in [-0.39, 0.29) is 5.56 Å². The molecular weight excluding hydrogens is 227 g/mol.